The Morgan fingerprint density at radius 2 is 1.64 bits per heavy atom. The van der Waals surface area contributed by atoms with Crippen molar-refractivity contribution >= 4 is 24.1 Å². The van der Waals surface area contributed by atoms with Gasteiger partial charge in [-0.15, -0.1) is 0 Å². The molecule has 2 bridgehead atoms. The Hall–Kier alpha value is -3.04. The van der Waals surface area contributed by atoms with Crippen LogP contribution in [0.4, 0.5) is 9.59 Å². The maximum Gasteiger partial charge on any atom is 0.410 e. The molecule has 1 saturated heterocycles. The van der Waals surface area contributed by atoms with Gasteiger partial charge in [-0.3, -0.25) is 0 Å². The molecule has 3 aliphatic rings. The first-order valence-corrected chi connectivity index (χ1v) is 13.9. The topological polar surface area (TPSA) is 120 Å². The van der Waals surface area contributed by atoms with Crippen LogP contribution >= 0.6 is 0 Å². The van der Waals surface area contributed by atoms with E-state index in [-0.39, 0.29) is 29.7 Å². The predicted molar refractivity (Wildman–Crippen MR) is 144 cm³/mol. The molecule has 2 saturated carbocycles. The van der Waals surface area contributed by atoms with Gasteiger partial charge >= 0.3 is 24.1 Å². The van der Waals surface area contributed by atoms with Gasteiger partial charge in [0.25, 0.3) is 0 Å². The molecule has 1 aliphatic heterocycles. The van der Waals surface area contributed by atoms with Gasteiger partial charge in [0, 0.05) is 29.8 Å². The SMILES string of the molecule is C=CC(=O)OCC1CCC(COC(=O)N2CC3(C)CC(NC(=O)OC(C)COC(=O)C(=C)C)C[C@]2(C)C3)CC1. The van der Waals surface area contributed by atoms with E-state index in [0.717, 1.165) is 38.5 Å². The molecule has 10 heteroatoms. The van der Waals surface area contributed by atoms with E-state index in [2.05, 4.69) is 25.4 Å². The lowest BCUT2D eigenvalue weighted by Crippen LogP contribution is -2.51. The molecular weight excluding hydrogens is 504 g/mol. The Bertz CT molecular complexity index is 959. The standard InChI is InChI=1S/C29H44N2O8/c1-7-24(32)36-15-21-8-10-22(11-9-21)16-38-27(35)31-18-28(5)12-23(13-29(31,6)17-28)30-26(34)39-20(4)14-37-25(33)19(2)3/h7,20-23H,1-2,8-18H2,3-6H3,(H,30,34)/t20?,21?,22?,23?,28?,29-/m1/s1. The van der Waals surface area contributed by atoms with Crippen LogP contribution in [0.25, 0.3) is 0 Å². The quantitative estimate of drug-likeness (QED) is 0.240. The van der Waals surface area contributed by atoms with E-state index < -0.39 is 29.7 Å². The average molecular weight is 549 g/mol. The van der Waals surface area contributed by atoms with Crippen molar-refractivity contribution in [2.45, 2.75) is 90.3 Å². The molecule has 2 amide bonds. The third kappa shape index (κ3) is 8.47. The maximum absolute atomic E-state index is 13.2. The molecule has 0 spiro atoms. The minimum Gasteiger partial charge on any atom is -0.462 e. The van der Waals surface area contributed by atoms with E-state index in [4.69, 9.17) is 18.9 Å². The molecule has 10 nitrogen and oxygen atoms in total. The third-order valence-corrected chi connectivity index (χ3v) is 8.11. The van der Waals surface area contributed by atoms with Gasteiger partial charge in [-0.1, -0.05) is 20.1 Å². The smallest absolute Gasteiger partial charge is 0.410 e. The molecule has 0 aromatic heterocycles. The number of ether oxygens (including phenoxy) is 4. The summed E-state index contributed by atoms with van der Waals surface area (Å²) in [4.78, 5) is 50.4. The first-order chi connectivity index (χ1) is 18.3. The van der Waals surface area contributed by atoms with Crippen LogP contribution in [0.15, 0.2) is 24.8 Å². The first kappa shape index (κ1) is 30.5. The van der Waals surface area contributed by atoms with E-state index in [1.54, 1.807) is 13.8 Å². The number of likely N-dealkylation sites (tertiary alicyclic amines) is 1. The van der Waals surface area contributed by atoms with Crippen molar-refractivity contribution in [3.63, 3.8) is 0 Å². The number of hydrogen-bond acceptors (Lipinski definition) is 8. The number of carbonyl (C=O) groups is 4. The largest absolute Gasteiger partial charge is 0.462 e. The number of nitrogens with one attached hydrogen (secondary N) is 1. The average Bonchev–Trinajstić information content (AvgIpc) is 3.07. The van der Waals surface area contributed by atoms with E-state index in [0.29, 0.717) is 38.0 Å². The Labute approximate surface area is 231 Å². The van der Waals surface area contributed by atoms with Crippen LogP contribution in [0.2, 0.25) is 0 Å². The number of alkyl carbamates (subject to hydrolysis) is 1. The lowest BCUT2D eigenvalue weighted by atomic mass is 9.70. The first-order valence-electron chi connectivity index (χ1n) is 13.9. The van der Waals surface area contributed by atoms with Crippen molar-refractivity contribution in [2.75, 3.05) is 26.4 Å². The number of esters is 2. The van der Waals surface area contributed by atoms with Crippen LogP contribution in [0.1, 0.15) is 72.6 Å². The zero-order valence-electron chi connectivity index (χ0n) is 23.8. The molecule has 1 heterocycles. The zero-order chi connectivity index (χ0) is 28.8. The summed E-state index contributed by atoms with van der Waals surface area (Å²) in [5.74, 6) is -0.286. The van der Waals surface area contributed by atoms with Gasteiger partial charge in [0.05, 0.1) is 13.2 Å². The fourth-order valence-electron chi connectivity index (χ4n) is 6.37. The van der Waals surface area contributed by atoms with Gasteiger partial charge in [0.1, 0.15) is 12.7 Å². The summed E-state index contributed by atoms with van der Waals surface area (Å²) in [5, 5.41) is 2.94. The Kier molecular flexibility index (Phi) is 10.1. The van der Waals surface area contributed by atoms with Crippen molar-refractivity contribution in [1.82, 2.24) is 10.2 Å². The highest BCUT2D eigenvalue weighted by Gasteiger charge is 2.56. The normalized spacial score (nSPS) is 30.5. The summed E-state index contributed by atoms with van der Waals surface area (Å²) < 4.78 is 21.4. The van der Waals surface area contributed by atoms with Gasteiger partial charge in [-0.05, 0) is 83.0 Å². The molecule has 0 aromatic carbocycles. The molecule has 39 heavy (non-hydrogen) atoms. The fraction of sp³-hybridized carbons (Fsp3) is 0.724. The summed E-state index contributed by atoms with van der Waals surface area (Å²) in [6.45, 7) is 15.6. The van der Waals surface area contributed by atoms with Crippen LogP contribution in [-0.4, -0.2) is 73.1 Å². The summed E-state index contributed by atoms with van der Waals surface area (Å²) >= 11 is 0. The molecule has 2 aliphatic carbocycles. The minimum atomic E-state index is -0.608. The highest BCUT2D eigenvalue weighted by Crippen LogP contribution is 2.51. The fourth-order valence-corrected chi connectivity index (χ4v) is 6.37. The summed E-state index contributed by atoms with van der Waals surface area (Å²) in [6, 6.07) is -0.158. The second kappa shape index (κ2) is 12.9. The van der Waals surface area contributed by atoms with Gasteiger partial charge in [0.2, 0.25) is 0 Å². The number of rotatable bonds is 10. The van der Waals surface area contributed by atoms with Crippen LogP contribution in [0.3, 0.4) is 0 Å². The number of hydrogen-bond donors (Lipinski definition) is 1. The van der Waals surface area contributed by atoms with Crippen molar-refractivity contribution in [1.29, 1.82) is 0 Å². The summed E-state index contributed by atoms with van der Waals surface area (Å²) in [7, 11) is 0. The maximum atomic E-state index is 13.2. The van der Waals surface area contributed by atoms with Crippen molar-refractivity contribution in [2.24, 2.45) is 17.3 Å². The van der Waals surface area contributed by atoms with E-state index >= 15 is 0 Å². The number of amides is 2. The Morgan fingerprint density at radius 3 is 2.23 bits per heavy atom. The van der Waals surface area contributed by atoms with E-state index in [1.165, 1.54) is 6.08 Å². The molecule has 1 N–H and O–H groups in total. The second-order valence-electron chi connectivity index (χ2n) is 12.2. The van der Waals surface area contributed by atoms with Gasteiger partial charge < -0.3 is 29.2 Å². The van der Waals surface area contributed by atoms with Crippen LogP contribution in [-0.2, 0) is 28.5 Å². The zero-order valence-corrected chi connectivity index (χ0v) is 23.8. The number of nitrogens with zero attached hydrogens (tertiary/aromatic N) is 1. The molecule has 4 atom stereocenters. The van der Waals surface area contributed by atoms with E-state index in [9.17, 15) is 19.2 Å². The highest BCUT2D eigenvalue weighted by molar-refractivity contribution is 5.86. The predicted octanol–water partition coefficient (Wildman–Crippen LogP) is 4.53. The van der Waals surface area contributed by atoms with Gasteiger partial charge in [-0.2, -0.15) is 0 Å². The lowest BCUT2D eigenvalue weighted by Gasteiger charge is -2.41. The minimum absolute atomic E-state index is 0.0523. The van der Waals surface area contributed by atoms with Crippen molar-refractivity contribution in [3.8, 4) is 0 Å². The van der Waals surface area contributed by atoms with Gasteiger partial charge in [0.15, 0.2) is 0 Å². The highest BCUT2D eigenvalue weighted by atomic mass is 16.6. The third-order valence-electron chi connectivity index (χ3n) is 8.11. The van der Waals surface area contributed by atoms with Crippen LogP contribution < -0.4 is 5.32 Å². The summed E-state index contributed by atoms with van der Waals surface area (Å²) in [5.41, 5.74) is -0.296. The Balaban J connectivity index is 1.44. The number of carbonyl (C=O) groups excluding carboxylic acids is 4. The van der Waals surface area contributed by atoms with Crippen molar-refractivity contribution < 1.29 is 38.1 Å². The van der Waals surface area contributed by atoms with Crippen LogP contribution in [0.5, 0.6) is 0 Å². The van der Waals surface area contributed by atoms with Crippen molar-refractivity contribution in [3.05, 3.63) is 24.8 Å². The molecule has 3 rings (SSSR count). The van der Waals surface area contributed by atoms with Crippen LogP contribution in [0, 0.1) is 17.3 Å². The second-order valence-corrected chi connectivity index (χ2v) is 12.2. The molecule has 218 valence electrons. The monoisotopic (exact) mass is 548 g/mol. The molecule has 3 unspecified atom stereocenters. The lowest BCUT2D eigenvalue weighted by molar-refractivity contribution is -0.141. The molecule has 0 radical (unpaired) electrons. The molecule has 0 aromatic rings. The molecule has 3 fully saturated rings. The van der Waals surface area contributed by atoms with E-state index in [1.807, 2.05) is 11.8 Å². The molecular formula is C29H44N2O8. The Morgan fingerprint density at radius 1 is 1.03 bits per heavy atom. The van der Waals surface area contributed by atoms with Gasteiger partial charge in [-0.25, -0.2) is 19.2 Å². The summed E-state index contributed by atoms with van der Waals surface area (Å²) in [6.07, 6.45) is 5.57. The number of fused-ring (bicyclic) bond motifs is 2.